The number of halogens is 2. The van der Waals surface area contributed by atoms with Crippen molar-refractivity contribution in [2.45, 2.75) is 26.3 Å². The molecule has 0 aliphatic carbocycles. The highest BCUT2D eigenvalue weighted by Gasteiger charge is 2.13. The lowest BCUT2D eigenvalue weighted by Crippen LogP contribution is -2.30. The highest BCUT2D eigenvalue weighted by Crippen LogP contribution is 2.26. The molecule has 0 radical (unpaired) electrons. The maximum absolute atomic E-state index is 12.5. The Kier molecular flexibility index (Phi) is 7.13. The van der Waals surface area contributed by atoms with Crippen LogP contribution in [0.4, 0.5) is 0 Å². The third kappa shape index (κ3) is 5.25. The summed E-state index contributed by atoms with van der Waals surface area (Å²) >= 11 is 9.49. The van der Waals surface area contributed by atoms with Gasteiger partial charge in [0.2, 0.25) is 5.91 Å². The van der Waals surface area contributed by atoms with Gasteiger partial charge in [0.05, 0.1) is 11.6 Å². The van der Waals surface area contributed by atoms with E-state index in [-0.39, 0.29) is 5.91 Å². The number of hydrogen-bond donors (Lipinski definition) is 0. The molecule has 5 heteroatoms. The molecule has 2 rings (SSSR count). The van der Waals surface area contributed by atoms with E-state index in [1.807, 2.05) is 54.3 Å². The van der Waals surface area contributed by atoms with Gasteiger partial charge in [-0.15, -0.1) is 0 Å². The van der Waals surface area contributed by atoms with Crippen LogP contribution >= 0.6 is 27.5 Å². The van der Waals surface area contributed by atoms with Crippen molar-refractivity contribution >= 4 is 33.4 Å². The first-order valence-corrected chi connectivity index (χ1v) is 9.05. The highest BCUT2D eigenvalue weighted by molar-refractivity contribution is 9.10. The van der Waals surface area contributed by atoms with Gasteiger partial charge in [-0.2, -0.15) is 0 Å². The molecular formula is C19H21BrClNO2. The Morgan fingerprint density at radius 3 is 2.62 bits per heavy atom. The Bertz CT molecular complexity index is 706. The highest BCUT2D eigenvalue weighted by atomic mass is 79.9. The number of aryl methyl sites for hydroxylation is 1. The van der Waals surface area contributed by atoms with Crippen LogP contribution in [-0.2, 0) is 17.8 Å². The molecule has 0 heterocycles. The summed E-state index contributed by atoms with van der Waals surface area (Å²) < 4.78 is 6.13. The fraction of sp³-hybridized carbons (Fsp3) is 0.316. The summed E-state index contributed by atoms with van der Waals surface area (Å²) in [4.78, 5) is 14.4. The Hall–Kier alpha value is -1.52. The molecule has 0 aliphatic heterocycles. The van der Waals surface area contributed by atoms with E-state index in [0.29, 0.717) is 31.0 Å². The molecule has 24 heavy (non-hydrogen) atoms. The number of methoxy groups -OCH3 is 1. The van der Waals surface area contributed by atoms with Crippen molar-refractivity contribution in [2.75, 3.05) is 13.7 Å². The Balaban J connectivity index is 1.95. The standard InChI is InChI=1S/C19H21BrClNO2/c1-3-22(13-15-5-4-6-16(21)11-15)19(23)10-8-14-7-9-18(24-2)17(20)12-14/h4-7,9,11-12H,3,8,10,13H2,1-2H3. The van der Waals surface area contributed by atoms with E-state index >= 15 is 0 Å². The molecular weight excluding hydrogens is 390 g/mol. The second kappa shape index (κ2) is 9.09. The molecule has 3 nitrogen and oxygen atoms in total. The molecule has 0 aliphatic rings. The minimum absolute atomic E-state index is 0.143. The topological polar surface area (TPSA) is 29.5 Å². The largest absolute Gasteiger partial charge is 0.496 e. The minimum atomic E-state index is 0.143. The second-order valence-electron chi connectivity index (χ2n) is 5.51. The molecule has 0 atom stereocenters. The molecule has 2 aromatic rings. The van der Waals surface area contributed by atoms with E-state index in [1.54, 1.807) is 7.11 Å². The first-order chi connectivity index (χ1) is 11.5. The van der Waals surface area contributed by atoms with Gasteiger partial charge < -0.3 is 9.64 Å². The van der Waals surface area contributed by atoms with E-state index in [0.717, 1.165) is 21.3 Å². The molecule has 0 bridgehead atoms. The average Bonchev–Trinajstić information content (AvgIpc) is 2.57. The quantitative estimate of drug-likeness (QED) is 0.636. The van der Waals surface area contributed by atoms with Crippen LogP contribution in [0.5, 0.6) is 5.75 Å². The number of rotatable bonds is 7. The SMILES string of the molecule is CCN(Cc1cccc(Cl)c1)C(=O)CCc1ccc(OC)c(Br)c1. The summed E-state index contributed by atoms with van der Waals surface area (Å²) in [5, 5.41) is 0.694. The van der Waals surface area contributed by atoms with Crippen LogP contribution < -0.4 is 4.74 Å². The number of nitrogens with zero attached hydrogens (tertiary/aromatic N) is 1. The normalized spacial score (nSPS) is 10.5. The van der Waals surface area contributed by atoms with Gasteiger partial charge in [-0.3, -0.25) is 4.79 Å². The van der Waals surface area contributed by atoms with E-state index in [4.69, 9.17) is 16.3 Å². The van der Waals surface area contributed by atoms with Crippen molar-refractivity contribution in [3.05, 3.63) is 63.1 Å². The first kappa shape index (κ1) is 18.8. The zero-order chi connectivity index (χ0) is 17.5. The van der Waals surface area contributed by atoms with Crippen LogP contribution in [0.25, 0.3) is 0 Å². The lowest BCUT2D eigenvalue weighted by atomic mass is 10.1. The number of ether oxygens (including phenoxy) is 1. The fourth-order valence-electron chi connectivity index (χ4n) is 2.51. The molecule has 128 valence electrons. The van der Waals surface area contributed by atoms with Crippen LogP contribution in [0.1, 0.15) is 24.5 Å². The fourth-order valence-corrected chi connectivity index (χ4v) is 3.31. The predicted molar refractivity (Wildman–Crippen MR) is 102 cm³/mol. The van der Waals surface area contributed by atoms with Gasteiger partial charge in [-0.25, -0.2) is 0 Å². The molecule has 0 spiro atoms. The molecule has 2 aromatic carbocycles. The van der Waals surface area contributed by atoms with Gasteiger partial charge in [-0.05, 0) is 64.7 Å². The van der Waals surface area contributed by atoms with Crippen molar-refractivity contribution in [3.63, 3.8) is 0 Å². The molecule has 1 amide bonds. The van der Waals surface area contributed by atoms with Crippen molar-refractivity contribution in [1.29, 1.82) is 0 Å². The number of amides is 1. The summed E-state index contributed by atoms with van der Waals surface area (Å²) in [5.74, 6) is 0.936. The van der Waals surface area contributed by atoms with Crippen molar-refractivity contribution in [3.8, 4) is 5.75 Å². The van der Waals surface area contributed by atoms with E-state index < -0.39 is 0 Å². The summed E-state index contributed by atoms with van der Waals surface area (Å²) in [6, 6.07) is 13.5. The Labute approximate surface area is 156 Å². The lowest BCUT2D eigenvalue weighted by Gasteiger charge is -2.21. The zero-order valence-electron chi connectivity index (χ0n) is 13.9. The van der Waals surface area contributed by atoms with Crippen LogP contribution in [-0.4, -0.2) is 24.5 Å². The summed E-state index contributed by atoms with van der Waals surface area (Å²) in [5.41, 5.74) is 2.15. The van der Waals surface area contributed by atoms with Gasteiger partial charge >= 0.3 is 0 Å². The number of hydrogen-bond acceptors (Lipinski definition) is 2. The molecule has 0 aromatic heterocycles. The van der Waals surface area contributed by atoms with Crippen molar-refractivity contribution in [1.82, 2.24) is 4.90 Å². The number of benzene rings is 2. The molecule has 0 saturated heterocycles. The van der Waals surface area contributed by atoms with Crippen molar-refractivity contribution < 1.29 is 9.53 Å². The van der Waals surface area contributed by atoms with Gasteiger partial charge in [0.1, 0.15) is 5.75 Å². The van der Waals surface area contributed by atoms with Crippen LogP contribution in [0.2, 0.25) is 5.02 Å². The summed E-state index contributed by atoms with van der Waals surface area (Å²) in [6.07, 6.45) is 1.18. The van der Waals surface area contributed by atoms with E-state index in [1.165, 1.54) is 0 Å². The van der Waals surface area contributed by atoms with Crippen molar-refractivity contribution in [2.24, 2.45) is 0 Å². The predicted octanol–water partition coefficient (Wildman–Crippen LogP) is 5.09. The van der Waals surface area contributed by atoms with Crippen LogP contribution in [0, 0.1) is 0 Å². The number of carbonyl (C=O) groups is 1. The third-order valence-corrected chi connectivity index (χ3v) is 4.70. The van der Waals surface area contributed by atoms with E-state index in [9.17, 15) is 4.79 Å². The maximum atomic E-state index is 12.5. The Morgan fingerprint density at radius 2 is 2.00 bits per heavy atom. The smallest absolute Gasteiger partial charge is 0.223 e. The Morgan fingerprint density at radius 1 is 1.21 bits per heavy atom. The monoisotopic (exact) mass is 409 g/mol. The maximum Gasteiger partial charge on any atom is 0.223 e. The average molecular weight is 411 g/mol. The molecule has 0 unspecified atom stereocenters. The minimum Gasteiger partial charge on any atom is -0.496 e. The van der Waals surface area contributed by atoms with Gasteiger partial charge in [-0.1, -0.05) is 29.8 Å². The van der Waals surface area contributed by atoms with Crippen LogP contribution in [0.3, 0.4) is 0 Å². The molecule has 0 fully saturated rings. The third-order valence-electron chi connectivity index (χ3n) is 3.84. The summed E-state index contributed by atoms with van der Waals surface area (Å²) in [6.45, 7) is 3.26. The second-order valence-corrected chi connectivity index (χ2v) is 6.80. The van der Waals surface area contributed by atoms with Crippen LogP contribution in [0.15, 0.2) is 46.9 Å². The zero-order valence-corrected chi connectivity index (χ0v) is 16.2. The van der Waals surface area contributed by atoms with Gasteiger partial charge in [0, 0.05) is 24.5 Å². The van der Waals surface area contributed by atoms with Gasteiger partial charge in [0.25, 0.3) is 0 Å². The van der Waals surface area contributed by atoms with E-state index in [2.05, 4.69) is 15.9 Å². The molecule has 0 N–H and O–H groups in total. The lowest BCUT2D eigenvalue weighted by molar-refractivity contribution is -0.131. The first-order valence-electron chi connectivity index (χ1n) is 7.88. The molecule has 0 saturated carbocycles. The van der Waals surface area contributed by atoms with Gasteiger partial charge in [0.15, 0.2) is 0 Å². The number of carbonyl (C=O) groups excluding carboxylic acids is 1. The summed E-state index contributed by atoms with van der Waals surface area (Å²) in [7, 11) is 1.64.